The molecule has 1 aromatic carbocycles. The van der Waals surface area contributed by atoms with Crippen molar-refractivity contribution in [3.8, 4) is 10.4 Å². The Bertz CT molecular complexity index is 620. The van der Waals surface area contributed by atoms with Crippen LogP contribution in [0.15, 0.2) is 36.4 Å². The minimum absolute atomic E-state index is 0. The van der Waals surface area contributed by atoms with E-state index >= 15 is 0 Å². The Balaban J connectivity index is 0.00000200. The van der Waals surface area contributed by atoms with E-state index < -0.39 is 5.97 Å². The van der Waals surface area contributed by atoms with Crippen LogP contribution in [0.25, 0.3) is 10.4 Å². The third-order valence-corrected chi connectivity index (χ3v) is 3.74. The van der Waals surface area contributed by atoms with Gasteiger partial charge in [-0.3, -0.25) is 4.79 Å². The van der Waals surface area contributed by atoms with Crippen LogP contribution in [0.1, 0.15) is 20.0 Å². The molecule has 98 valence electrons. The van der Waals surface area contributed by atoms with Crippen LogP contribution in [0, 0.1) is 0 Å². The van der Waals surface area contributed by atoms with Gasteiger partial charge in [0.15, 0.2) is 0 Å². The van der Waals surface area contributed by atoms with Crippen LogP contribution in [-0.2, 0) is 0 Å². The Labute approximate surface area is 133 Å². The predicted octanol–water partition coefficient (Wildman–Crippen LogP) is -1.52. The first kappa shape index (κ1) is 16.5. The number of thiophene rings is 1. The van der Waals surface area contributed by atoms with Crippen molar-refractivity contribution in [2.45, 2.75) is 0 Å². The zero-order chi connectivity index (χ0) is 14.0. The third kappa shape index (κ3) is 3.51. The van der Waals surface area contributed by atoms with Crippen molar-refractivity contribution in [1.29, 1.82) is 0 Å². The fraction of sp³-hybridized carbons (Fsp3) is 0.143. The quantitative estimate of drug-likeness (QED) is 0.642. The van der Waals surface area contributed by atoms with Crippen molar-refractivity contribution in [3.63, 3.8) is 0 Å². The molecule has 0 bridgehead atoms. The first-order valence-electron chi connectivity index (χ1n) is 5.62. The molecule has 6 heteroatoms. The largest absolute Gasteiger partial charge is 1.00 e. The van der Waals surface area contributed by atoms with E-state index in [9.17, 15) is 14.7 Å². The second-order valence-electron chi connectivity index (χ2n) is 4.23. The number of amides is 1. The Morgan fingerprint density at radius 3 is 2.10 bits per heavy atom. The summed E-state index contributed by atoms with van der Waals surface area (Å²) in [4.78, 5) is 25.0. The fourth-order valence-corrected chi connectivity index (χ4v) is 2.48. The number of hydrogen-bond donors (Lipinski definition) is 0. The molecule has 0 saturated carbocycles. The van der Waals surface area contributed by atoms with E-state index in [-0.39, 0.29) is 29.6 Å². The van der Waals surface area contributed by atoms with E-state index in [1.807, 2.05) is 12.1 Å². The molecule has 4 nitrogen and oxygen atoms in total. The van der Waals surface area contributed by atoms with Gasteiger partial charge < -0.3 is 14.8 Å². The van der Waals surface area contributed by atoms with Crippen molar-refractivity contribution < 1.29 is 33.6 Å². The maximum absolute atomic E-state index is 11.7. The average molecular weight is 281 g/mol. The molecule has 0 spiro atoms. The standard InChI is InChI=1S/C14H13NO3S.Li/c1-15(2)13(16)10-5-3-9(4-6-10)11-7-8-12(19-11)14(17)18;/h3-8H,1-2H3,(H,17,18);/q;+1/p-1. The minimum atomic E-state index is -1.17. The summed E-state index contributed by atoms with van der Waals surface area (Å²) in [7, 11) is 3.39. The number of carbonyl (C=O) groups is 2. The van der Waals surface area contributed by atoms with E-state index in [0.29, 0.717) is 5.56 Å². The number of aromatic carboxylic acids is 1. The molecule has 1 heterocycles. The molecule has 0 fully saturated rings. The zero-order valence-corrected chi connectivity index (χ0v) is 12.4. The summed E-state index contributed by atoms with van der Waals surface area (Å²) in [5.41, 5.74) is 1.48. The van der Waals surface area contributed by atoms with Crippen molar-refractivity contribution in [2.24, 2.45) is 0 Å². The predicted molar refractivity (Wildman–Crippen MR) is 72.1 cm³/mol. The SMILES string of the molecule is CN(C)C(=O)c1ccc(-c2ccc(C(=O)[O-])s2)cc1.[Li+]. The molecule has 2 aromatic rings. The molecule has 1 aromatic heterocycles. The summed E-state index contributed by atoms with van der Waals surface area (Å²) < 4.78 is 0. The van der Waals surface area contributed by atoms with Gasteiger partial charge in [-0.1, -0.05) is 12.1 Å². The van der Waals surface area contributed by atoms with Crippen molar-refractivity contribution in [3.05, 3.63) is 46.8 Å². The van der Waals surface area contributed by atoms with Crippen LogP contribution in [0.3, 0.4) is 0 Å². The summed E-state index contributed by atoms with van der Waals surface area (Å²) in [6.45, 7) is 0. The summed E-state index contributed by atoms with van der Waals surface area (Å²) in [5, 5.41) is 10.7. The second kappa shape index (κ2) is 6.75. The van der Waals surface area contributed by atoms with Gasteiger partial charge in [-0.25, -0.2) is 0 Å². The van der Waals surface area contributed by atoms with E-state index in [0.717, 1.165) is 21.8 Å². The average Bonchev–Trinajstić information content (AvgIpc) is 2.87. The van der Waals surface area contributed by atoms with E-state index in [1.54, 1.807) is 32.3 Å². The van der Waals surface area contributed by atoms with Crippen LogP contribution in [0.5, 0.6) is 0 Å². The first-order chi connectivity index (χ1) is 8.99. The van der Waals surface area contributed by atoms with Crippen LogP contribution < -0.4 is 24.0 Å². The van der Waals surface area contributed by atoms with Crippen LogP contribution in [0.2, 0.25) is 0 Å². The molecule has 0 unspecified atom stereocenters. The Hall–Kier alpha value is -1.54. The fourth-order valence-electron chi connectivity index (χ4n) is 1.64. The molecular weight excluding hydrogens is 269 g/mol. The van der Waals surface area contributed by atoms with Gasteiger partial charge in [0.05, 0.1) is 10.8 Å². The van der Waals surface area contributed by atoms with Gasteiger partial charge in [0.1, 0.15) is 0 Å². The third-order valence-electron chi connectivity index (χ3n) is 2.63. The summed E-state index contributed by atoms with van der Waals surface area (Å²) in [6, 6.07) is 10.3. The molecule has 0 radical (unpaired) electrons. The van der Waals surface area contributed by atoms with Crippen molar-refractivity contribution in [1.82, 2.24) is 4.90 Å². The molecule has 0 saturated heterocycles. The molecule has 1 amide bonds. The van der Waals surface area contributed by atoms with Gasteiger partial charge in [-0.05, 0) is 29.8 Å². The Morgan fingerprint density at radius 2 is 1.65 bits per heavy atom. The number of carbonyl (C=O) groups excluding carboxylic acids is 2. The van der Waals surface area contributed by atoms with Gasteiger partial charge in [0.2, 0.25) is 0 Å². The molecular formula is C14H12LiNO3S. The molecule has 2 rings (SSSR count). The van der Waals surface area contributed by atoms with Gasteiger partial charge in [-0.2, -0.15) is 0 Å². The number of benzene rings is 1. The van der Waals surface area contributed by atoms with Crippen molar-refractivity contribution >= 4 is 23.2 Å². The number of carboxylic acids is 1. The Kier molecular flexibility index (Phi) is 5.58. The van der Waals surface area contributed by atoms with Crippen molar-refractivity contribution in [2.75, 3.05) is 14.1 Å². The molecule has 0 atom stereocenters. The Morgan fingerprint density at radius 1 is 1.05 bits per heavy atom. The van der Waals surface area contributed by atoms with Gasteiger partial charge in [0, 0.05) is 24.5 Å². The molecule has 0 aliphatic heterocycles. The molecule has 20 heavy (non-hydrogen) atoms. The van der Waals surface area contributed by atoms with Gasteiger partial charge >= 0.3 is 18.9 Å². The molecule has 0 aliphatic rings. The number of rotatable bonds is 3. The number of carboxylic acid groups (broad SMARTS) is 1. The summed E-state index contributed by atoms with van der Waals surface area (Å²) >= 11 is 1.16. The van der Waals surface area contributed by atoms with E-state index in [4.69, 9.17) is 0 Å². The monoisotopic (exact) mass is 281 g/mol. The summed E-state index contributed by atoms with van der Waals surface area (Å²) in [5.74, 6) is -1.23. The van der Waals surface area contributed by atoms with E-state index in [1.165, 1.54) is 11.0 Å². The van der Waals surface area contributed by atoms with Crippen LogP contribution in [0.4, 0.5) is 0 Å². The van der Waals surface area contributed by atoms with E-state index in [2.05, 4.69) is 0 Å². The molecule has 0 N–H and O–H groups in total. The minimum Gasteiger partial charge on any atom is -0.544 e. The maximum atomic E-state index is 11.7. The van der Waals surface area contributed by atoms with Crippen LogP contribution >= 0.6 is 11.3 Å². The first-order valence-corrected chi connectivity index (χ1v) is 6.44. The topological polar surface area (TPSA) is 60.4 Å². The normalized spacial score (nSPS) is 9.70. The number of hydrogen-bond acceptors (Lipinski definition) is 4. The summed E-state index contributed by atoms with van der Waals surface area (Å²) in [6.07, 6.45) is 0. The molecule has 0 aliphatic carbocycles. The van der Waals surface area contributed by atoms with Crippen LogP contribution in [-0.4, -0.2) is 30.9 Å². The number of nitrogens with zero attached hydrogens (tertiary/aromatic N) is 1. The second-order valence-corrected chi connectivity index (χ2v) is 5.31. The zero-order valence-electron chi connectivity index (χ0n) is 11.5. The van der Waals surface area contributed by atoms with Gasteiger partial charge in [0.25, 0.3) is 5.91 Å². The van der Waals surface area contributed by atoms with Gasteiger partial charge in [-0.15, -0.1) is 11.3 Å². The smallest absolute Gasteiger partial charge is 0.544 e. The maximum Gasteiger partial charge on any atom is 1.00 e.